The van der Waals surface area contributed by atoms with Crippen LogP contribution in [0.3, 0.4) is 0 Å². The van der Waals surface area contributed by atoms with Gasteiger partial charge in [-0.3, -0.25) is 0 Å². The van der Waals surface area contributed by atoms with Crippen LogP contribution in [0.4, 0.5) is 4.79 Å². The Balaban J connectivity index is 1.65. The quantitative estimate of drug-likeness (QED) is 0.841. The zero-order valence-electron chi connectivity index (χ0n) is 11.3. The summed E-state index contributed by atoms with van der Waals surface area (Å²) in [6.07, 6.45) is -0.0766. The number of carbonyl (C=O) groups is 1. The first-order chi connectivity index (χ1) is 9.78. The molecule has 1 aromatic rings. The van der Waals surface area contributed by atoms with Gasteiger partial charge < -0.3 is 25.3 Å². The minimum absolute atomic E-state index is 0.188. The molecule has 1 aromatic carbocycles. The van der Waals surface area contributed by atoms with E-state index in [9.17, 15) is 4.79 Å². The zero-order chi connectivity index (χ0) is 14.2. The lowest BCUT2D eigenvalue weighted by Gasteiger charge is -2.29. The molecule has 1 fully saturated rings. The van der Waals surface area contributed by atoms with Crippen molar-refractivity contribution >= 4 is 6.09 Å². The molecule has 110 valence electrons. The van der Waals surface area contributed by atoms with Crippen LogP contribution >= 0.6 is 0 Å². The molecule has 0 bridgehead atoms. The monoisotopic (exact) mass is 280 g/mol. The molecular formula is C14H20N2O4. The number of hydrogen-bond donors (Lipinski definition) is 2. The molecule has 2 rings (SSSR count). The highest BCUT2D eigenvalue weighted by Crippen LogP contribution is 2.08. The largest absolute Gasteiger partial charge is 0.445 e. The van der Waals surface area contributed by atoms with Gasteiger partial charge in [-0.2, -0.15) is 0 Å². The fraction of sp³-hybridized carbons (Fsp3) is 0.500. The smallest absolute Gasteiger partial charge is 0.407 e. The van der Waals surface area contributed by atoms with Crippen molar-refractivity contribution in [2.24, 2.45) is 5.73 Å². The first-order valence-electron chi connectivity index (χ1n) is 6.68. The van der Waals surface area contributed by atoms with E-state index in [0.29, 0.717) is 26.2 Å². The van der Waals surface area contributed by atoms with E-state index in [2.05, 4.69) is 5.32 Å². The average Bonchev–Trinajstić information content (AvgIpc) is 2.49. The molecular weight excluding hydrogens is 260 g/mol. The maximum Gasteiger partial charge on any atom is 0.407 e. The van der Waals surface area contributed by atoms with Gasteiger partial charge in [-0.15, -0.1) is 0 Å². The number of ether oxygens (including phenoxy) is 3. The third kappa shape index (κ3) is 4.80. The number of carbonyl (C=O) groups excluding carboxylic acids is 1. The van der Waals surface area contributed by atoms with Crippen LogP contribution in [0.15, 0.2) is 30.3 Å². The topological polar surface area (TPSA) is 82.8 Å². The molecule has 0 radical (unpaired) electrons. The van der Waals surface area contributed by atoms with Crippen LogP contribution in [0.2, 0.25) is 0 Å². The fourth-order valence-electron chi connectivity index (χ4n) is 1.86. The van der Waals surface area contributed by atoms with Crippen molar-refractivity contribution in [3.8, 4) is 0 Å². The minimum Gasteiger partial charge on any atom is -0.445 e. The third-order valence-corrected chi connectivity index (χ3v) is 2.90. The van der Waals surface area contributed by atoms with Crippen molar-refractivity contribution in [1.82, 2.24) is 5.32 Å². The number of rotatable bonds is 5. The summed E-state index contributed by atoms with van der Waals surface area (Å²) in [4.78, 5) is 11.6. The van der Waals surface area contributed by atoms with Crippen LogP contribution in [0.1, 0.15) is 12.0 Å². The predicted molar refractivity (Wildman–Crippen MR) is 72.9 cm³/mol. The lowest BCUT2D eigenvalue weighted by atomic mass is 10.2. The van der Waals surface area contributed by atoms with E-state index in [1.807, 2.05) is 30.3 Å². The molecule has 1 amide bonds. The Kier molecular flexibility index (Phi) is 5.79. The van der Waals surface area contributed by atoms with Gasteiger partial charge in [-0.05, 0) is 12.1 Å². The molecule has 1 aliphatic rings. The van der Waals surface area contributed by atoms with E-state index in [4.69, 9.17) is 19.9 Å². The first kappa shape index (κ1) is 14.8. The molecule has 6 nitrogen and oxygen atoms in total. The molecule has 1 heterocycles. The second kappa shape index (κ2) is 7.84. The van der Waals surface area contributed by atoms with Crippen LogP contribution in [0, 0.1) is 0 Å². The molecule has 1 saturated heterocycles. The Morgan fingerprint density at radius 3 is 2.65 bits per heavy atom. The van der Waals surface area contributed by atoms with Gasteiger partial charge in [0, 0.05) is 6.42 Å². The predicted octanol–water partition coefficient (Wildman–Crippen LogP) is 1.00. The van der Waals surface area contributed by atoms with Crippen molar-refractivity contribution < 1.29 is 19.0 Å². The van der Waals surface area contributed by atoms with Crippen LogP contribution < -0.4 is 11.1 Å². The SMILES string of the molecule is NCCC1OCC(NC(=O)OCc2ccccc2)CO1. The van der Waals surface area contributed by atoms with Crippen LogP contribution in [0.5, 0.6) is 0 Å². The Labute approximate surface area is 118 Å². The van der Waals surface area contributed by atoms with Crippen LogP contribution in [0.25, 0.3) is 0 Å². The Morgan fingerprint density at radius 2 is 2.00 bits per heavy atom. The number of amides is 1. The molecule has 0 atom stereocenters. The van der Waals surface area contributed by atoms with E-state index >= 15 is 0 Å². The van der Waals surface area contributed by atoms with Crippen molar-refractivity contribution in [2.45, 2.75) is 25.4 Å². The van der Waals surface area contributed by atoms with Crippen molar-refractivity contribution in [1.29, 1.82) is 0 Å². The zero-order valence-corrected chi connectivity index (χ0v) is 11.3. The Bertz CT molecular complexity index is 405. The van der Waals surface area contributed by atoms with E-state index in [0.717, 1.165) is 5.56 Å². The molecule has 20 heavy (non-hydrogen) atoms. The number of nitrogens with two attached hydrogens (primary N) is 1. The summed E-state index contributed by atoms with van der Waals surface area (Å²) in [6.45, 7) is 1.58. The molecule has 6 heteroatoms. The van der Waals surface area contributed by atoms with Crippen molar-refractivity contribution in [3.63, 3.8) is 0 Å². The number of nitrogens with one attached hydrogen (secondary N) is 1. The third-order valence-electron chi connectivity index (χ3n) is 2.90. The highest BCUT2D eigenvalue weighted by molar-refractivity contribution is 5.67. The van der Waals surface area contributed by atoms with Gasteiger partial charge >= 0.3 is 6.09 Å². The number of hydrogen-bond acceptors (Lipinski definition) is 5. The minimum atomic E-state index is -0.469. The lowest BCUT2D eigenvalue weighted by Crippen LogP contribution is -2.47. The molecule has 1 aliphatic heterocycles. The Hall–Kier alpha value is -1.63. The summed E-state index contributed by atoms with van der Waals surface area (Å²) >= 11 is 0. The summed E-state index contributed by atoms with van der Waals surface area (Å²) in [5.74, 6) is 0. The maximum atomic E-state index is 11.6. The van der Waals surface area contributed by atoms with E-state index in [1.54, 1.807) is 0 Å². The lowest BCUT2D eigenvalue weighted by molar-refractivity contribution is -0.190. The first-order valence-corrected chi connectivity index (χ1v) is 6.68. The van der Waals surface area contributed by atoms with Crippen molar-refractivity contribution in [2.75, 3.05) is 19.8 Å². The van der Waals surface area contributed by atoms with E-state index in [1.165, 1.54) is 0 Å². The molecule has 0 aliphatic carbocycles. The molecule has 0 spiro atoms. The summed E-state index contributed by atoms with van der Waals surface area (Å²) < 4.78 is 16.0. The summed E-state index contributed by atoms with van der Waals surface area (Å²) in [7, 11) is 0. The van der Waals surface area contributed by atoms with E-state index < -0.39 is 6.09 Å². The second-order valence-corrected chi connectivity index (χ2v) is 4.58. The van der Waals surface area contributed by atoms with Gasteiger partial charge in [0.2, 0.25) is 0 Å². The molecule has 0 aromatic heterocycles. The molecule has 3 N–H and O–H groups in total. The maximum absolute atomic E-state index is 11.6. The summed E-state index contributed by atoms with van der Waals surface area (Å²) in [6, 6.07) is 9.33. The van der Waals surface area contributed by atoms with Gasteiger partial charge in [0.05, 0.1) is 19.3 Å². The highest BCUT2D eigenvalue weighted by Gasteiger charge is 2.23. The van der Waals surface area contributed by atoms with Gasteiger partial charge in [-0.25, -0.2) is 4.79 Å². The Morgan fingerprint density at radius 1 is 1.30 bits per heavy atom. The number of alkyl carbamates (subject to hydrolysis) is 1. The van der Waals surface area contributed by atoms with E-state index in [-0.39, 0.29) is 18.9 Å². The standard InChI is InChI=1S/C14H20N2O4/c15-7-6-13-18-9-12(10-19-13)16-14(17)20-8-11-4-2-1-3-5-11/h1-5,12-13H,6-10,15H2,(H,16,17). The average molecular weight is 280 g/mol. The van der Waals surface area contributed by atoms with Gasteiger partial charge in [-0.1, -0.05) is 30.3 Å². The van der Waals surface area contributed by atoms with Crippen LogP contribution in [-0.2, 0) is 20.8 Å². The van der Waals surface area contributed by atoms with Crippen molar-refractivity contribution in [3.05, 3.63) is 35.9 Å². The summed E-state index contributed by atoms with van der Waals surface area (Å²) in [5.41, 5.74) is 6.37. The summed E-state index contributed by atoms with van der Waals surface area (Å²) in [5, 5.41) is 2.71. The van der Waals surface area contributed by atoms with Gasteiger partial charge in [0.1, 0.15) is 6.61 Å². The molecule has 0 saturated carbocycles. The fourth-order valence-corrected chi connectivity index (χ4v) is 1.86. The molecule has 0 unspecified atom stereocenters. The van der Waals surface area contributed by atoms with Crippen LogP contribution in [-0.4, -0.2) is 38.2 Å². The van der Waals surface area contributed by atoms with Gasteiger partial charge in [0.25, 0.3) is 0 Å². The second-order valence-electron chi connectivity index (χ2n) is 4.58. The number of benzene rings is 1. The van der Waals surface area contributed by atoms with Gasteiger partial charge in [0.15, 0.2) is 6.29 Å². The highest BCUT2D eigenvalue weighted by atomic mass is 16.7. The normalized spacial score (nSPS) is 22.2.